The minimum absolute atomic E-state index is 0.103. The van der Waals surface area contributed by atoms with Crippen LogP contribution in [0.15, 0.2) is 0 Å². The van der Waals surface area contributed by atoms with Crippen molar-refractivity contribution in [2.45, 2.75) is 25.9 Å². The summed E-state index contributed by atoms with van der Waals surface area (Å²) in [6.45, 7) is 2.26. The lowest BCUT2D eigenvalue weighted by atomic mass is 10.2. The fourth-order valence-corrected chi connectivity index (χ4v) is 1.97. The quantitative estimate of drug-likeness (QED) is 0.660. The number of urea groups is 1. The van der Waals surface area contributed by atoms with Crippen molar-refractivity contribution in [1.82, 2.24) is 14.7 Å². The fraction of sp³-hybridized carbons (Fsp3) is 0.750. The molecule has 1 fully saturated rings. The zero-order chi connectivity index (χ0) is 14.6. The van der Waals surface area contributed by atoms with E-state index in [2.05, 4.69) is 0 Å². The van der Waals surface area contributed by atoms with Gasteiger partial charge >= 0.3 is 6.03 Å². The van der Waals surface area contributed by atoms with Crippen LogP contribution in [0.5, 0.6) is 0 Å². The molecule has 7 heteroatoms. The summed E-state index contributed by atoms with van der Waals surface area (Å²) >= 11 is 0. The van der Waals surface area contributed by atoms with E-state index in [-0.39, 0.29) is 43.9 Å². The first kappa shape index (κ1) is 15.4. The van der Waals surface area contributed by atoms with Crippen molar-refractivity contribution < 1.29 is 19.5 Å². The van der Waals surface area contributed by atoms with Crippen LogP contribution >= 0.6 is 0 Å². The Balaban J connectivity index is 2.32. The number of likely N-dealkylation sites (N-methyl/N-ethyl adjacent to an activating group) is 2. The molecular formula is C12H21N3O4. The Kier molecular flexibility index (Phi) is 5.29. The molecule has 0 aromatic heterocycles. The summed E-state index contributed by atoms with van der Waals surface area (Å²) in [5.41, 5.74) is 0. The Morgan fingerprint density at radius 2 is 2.11 bits per heavy atom. The van der Waals surface area contributed by atoms with Crippen LogP contribution < -0.4 is 0 Å². The molecule has 1 aliphatic rings. The molecule has 0 bridgehead atoms. The van der Waals surface area contributed by atoms with Crippen molar-refractivity contribution >= 4 is 17.8 Å². The highest BCUT2D eigenvalue weighted by atomic mass is 16.3. The number of aliphatic hydroxyl groups is 1. The van der Waals surface area contributed by atoms with Gasteiger partial charge in [0.1, 0.15) is 6.54 Å². The molecule has 0 saturated carbocycles. The third-order valence-corrected chi connectivity index (χ3v) is 2.97. The molecule has 7 nitrogen and oxygen atoms in total. The summed E-state index contributed by atoms with van der Waals surface area (Å²) in [6.07, 6.45) is 0.127. The molecule has 0 spiro atoms. The van der Waals surface area contributed by atoms with E-state index in [0.29, 0.717) is 6.42 Å². The van der Waals surface area contributed by atoms with Gasteiger partial charge in [0.15, 0.2) is 0 Å². The van der Waals surface area contributed by atoms with E-state index in [0.717, 1.165) is 0 Å². The lowest BCUT2D eigenvalue weighted by Crippen LogP contribution is -2.35. The fourth-order valence-electron chi connectivity index (χ4n) is 1.97. The second-order valence-electron chi connectivity index (χ2n) is 4.91. The van der Waals surface area contributed by atoms with E-state index in [4.69, 9.17) is 0 Å². The van der Waals surface area contributed by atoms with Crippen LogP contribution in [0.3, 0.4) is 0 Å². The maximum Gasteiger partial charge on any atom is 0.326 e. The Morgan fingerprint density at radius 1 is 1.47 bits per heavy atom. The maximum atomic E-state index is 11.7. The van der Waals surface area contributed by atoms with Crippen molar-refractivity contribution in [2.75, 3.05) is 33.7 Å². The summed E-state index contributed by atoms with van der Waals surface area (Å²) in [6, 6.07) is -0.310. The number of carbonyl (C=O) groups excluding carboxylic acids is 3. The van der Waals surface area contributed by atoms with Gasteiger partial charge in [-0.2, -0.15) is 0 Å². The first-order chi connectivity index (χ1) is 8.82. The molecule has 0 aromatic carbocycles. The maximum absolute atomic E-state index is 11.7. The minimum atomic E-state index is -0.565. The Labute approximate surface area is 112 Å². The van der Waals surface area contributed by atoms with Gasteiger partial charge in [0.2, 0.25) is 11.8 Å². The van der Waals surface area contributed by atoms with Crippen LogP contribution in [-0.2, 0) is 9.59 Å². The number of amides is 4. The molecular weight excluding hydrogens is 250 g/mol. The van der Waals surface area contributed by atoms with E-state index < -0.39 is 6.10 Å². The van der Waals surface area contributed by atoms with Gasteiger partial charge in [-0.15, -0.1) is 0 Å². The lowest BCUT2D eigenvalue weighted by molar-refractivity contribution is -0.131. The van der Waals surface area contributed by atoms with Crippen LogP contribution in [-0.4, -0.2) is 77.5 Å². The molecule has 1 heterocycles. The number of rotatable bonds is 6. The van der Waals surface area contributed by atoms with Crippen LogP contribution in [0.25, 0.3) is 0 Å². The Bertz CT molecular complexity index is 370. The first-order valence-corrected chi connectivity index (χ1v) is 6.30. The second kappa shape index (κ2) is 6.51. The molecule has 0 aliphatic carbocycles. The smallest absolute Gasteiger partial charge is 0.326 e. The molecule has 0 aromatic rings. The number of hydrogen-bond donors (Lipinski definition) is 1. The van der Waals surface area contributed by atoms with Crippen molar-refractivity contribution in [2.24, 2.45) is 0 Å². The predicted octanol–water partition coefficient (Wildman–Crippen LogP) is -0.500. The average Bonchev–Trinajstić information content (AvgIpc) is 2.54. The summed E-state index contributed by atoms with van der Waals surface area (Å²) in [5.74, 6) is -0.328. The monoisotopic (exact) mass is 271 g/mol. The Morgan fingerprint density at radius 3 is 2.58 bits per heavy atom. The molecule has 19 heavy (non-hydrogen) atoms. The summed E-state index contributed by atoms with van der Waals surface area (Å²) < 4.78 is 0. The number of hydrogen-bond acceptors (Lipinski definition) is 4. The highest BCUT2D eigenvalue weighted by Crippen LogP contribution is 2.09. The number of aliphatic hydroxyl groups excluding tert-OH is 1. The summed E-state index contributed by atoms with van der Waals surface area (Å²) in [5, 5.41) is 9.17. The molecule has 1 saturated heterocycles. The van der Waals surface area contributed by atoms with Gasteiger partial charge in [0.25, 0.3) is 0 Å². The zero-order valence-corrected chi connectivity index (χ0v) is 11.6. The van der Waals surface area contributed by atoms with Crippen LogP contribution in [0, 0.1) is 0 Å². The van der Waals surface area contributed by atoms with Crippen LogP contribution in [0.2, 0.25) is 0 Å². The van der Waals surface area contributed by atoms with Crippen molar-refractivity contribution in [3.05, 3.63) is 0 Å². The molecule has 108 valence electrons. The molecule has 1 unspecified atom stereocenters. The normalized spacial score (nSPS) is 17.1. The number of imide groups is 1. The highest BCUT2D eigenvalue weighted by Gasteiger charge is 2.32. The van der Waals surface area contributed by atoms with Crippen molar-refractivity contribution in [1.29, 1.82) is 0 Å². The standard InChI is InChI=1S/C12H21N3O4/c1-9(16)7-13(2)10(17)5-4-6-15-11(18)8-14(3)12(15)19/h9,16H,4-8H2,1-3H3. The number of carbonyl (C=O) groups is 3. The summed E-state index contributed by atoms with van der Waals surface area (Å²) in [7, 11) is 3.19. The van der Waals surface area contributed by atoms with Gasteiger partial charge < -0.3 is 14.9 Å². The summed E-state index contributed by atoms with van der Waals surface area (Å²) in [4.78, 5) is 38.7. The lowest BCUT2D eigenvalue weighted by Gasteiger charge is -2.19. The van der Waals surface area contributed by atoms with Gasteiger partial charge in [-0.3, -0.25) is 14.5 Å². The van der Waals surface area contributed by atoms with E-state index in [1.165, 1.54) is 14.7 Å². The van der Waals surface area contributed by atoms with Crippen molar-refractivity contribution in [3.8, 4) is 0 Å². The molecule has 1 aliphatic heterocycles. The van der Waals surface area contributed by atoms with E-state index in [9.17, 15) is 19.5 Å². The van der Waals surface area contributed by atoms with E-state index >= 15 is 0 Å². The topological polar surface area (TPSA) is 81.2 Å². The third kappa shape index (κ3) is 4.20. The van der Waals surface area contributed by atoms with Gasteiger partial charge in [0.05, 0.1) is 6.10 Å². The average molecular weight is 271 g/mol. The number of nitrogens with zero attached hydrogens (tertiary/aromatic N) is 3. The molecule has 1 rings (SSSR count). The van der Waals surface area contributed by atoms with Gasteiger partial charge in [0, 0.05) is 33.6 Å². The minimum Gasteiger partial charge on any atom is -0.392 e. The van der Waals surface area contributed by atoms with E-state index in [1.54, 1.807) is 21.0 Å². The molecule has 1 N–H and O–H groups in total. The predicted molar refractivity (Wildman–Crippen MR) is 68.3 cm³/mol. The van der Waals surface area contributed by atoms with Crippen LogP contribution in [0.4, 0.5) is 4.79 Å². The van der Waals surface area contributed by atoms with E-state index in [1.807, 2.05) is 0 Å². The van der Waals surface area contributed by atoms with Crippen LogP contribution in [0.1, 0.15) is 19.8 Å². The van der Waals surface area contributed by atoms with Gasteiger partial charge in [-0.1, -0.05) is 0 Å². The highest BCUT2D eigenvalue weighted by molar-refractivity contribution is 6.01. The largest absolute Gasteiger partial charge is 0.392 e. The van der Waals surface area contributed by atoms with Gasteiger partial charge in [-0.25, -0.2) is 4.79 Å². The van der Waals surface area contributed by atoms with Gasteiger partial charge in [-0.05, 0) is 13.3 Å². The van der Waals surface area contributed by atoms with Crippen molar-refractivity contribution in [3.63, 3.8) is 0 Å². The Hall–Kier alpha value is -1.63. The first-order valence-electron chi connectivity index (χ1n) is 6.30. The molecule has 0 radical (unpaired) electrons. The second-order valence-corrected chi connectivity index (χ2v) is 4.91. The SMILES string of the molecule is CC(O)CN(C)C(=O)CCCN1C(=O)CN(C)C1=O. The molecule has 1 atom stereocenters. The third-order valence-electron chi connectivity index (χ3n) is 2.97. The molecule has 4 amide bonds. The zero-order valence-electron chi connectivity index (χ0n) is 11.6.